The summed E-state index contributed by atoms with van der Waals surface area (Å²) in [5.74, 6) is -0.000382. The molecule has 0 saturated carbocycles. The SMILES string of the molecule is O=C(NCCN1CCCC1)c1cc(I)ccc1Br. The van der Waals surface area contributed by atoms with Crippen LogP contribution in [0.2, 0.25) is 0 Å². The molecule has 18 heavy (non-hydrogen) atoms. The first-order chi connectivity index (χ1) is 8.66. The zero-order valence-electron chi connectivity index (χ0n) is 10.1. The van der Waals surface area contributed by atoms with E-state index in [1.54, 1.807) is 0 Å². The Hall–Kier alpha value is -0.140. The van der Waals surface area contributed by atoms with E-state index in [0.717, 1.165) is 21.1 Å². The van der Waals surface area contributed by atoms with Gasteiger partial charge in [0.2, 0.25) is 0 Å². The summed E-state index contributed by atoms with van der Waals surface area (Å²) in [5.41, 5.74) is 0.711. The Morgan fingerprint density at radius 3 is 2.83 bits per heavy atom. The quantitative estimate of drug-likeness (QED) is 0.756. The summed E-state index contributed by atoms with van der Waals surface area (Å²) in [6, 6.07) is 5.79. The minimum atomic E-state index is -0.000382. The van der Waals surface area contributed by atoms with Gasteiger partial charge in [-0.2, -0.15) is 0 Å². The molecule has 1 heterocycles. The number of hydrogen-bond donors (Lipinski definition) is 1. The van der Waals surface area contributed by atoms with Crippen molar-refractivity contribution in [3.63, 3.8) is 0 Å². The molecule has 0 atom stereocenters. The Balaban J connectivity index is 1.85. The molecule has 3 nitrogen and oxygen atoms in total. The summed E-state index contributed by atoms with van der Waals surface area (Å²) >= 11 is 5.63. The van der Waals surface area contributed by atoms with Crippen LogP contribution in [0, 0.1) is 3.57 Å². The van der Waals surface area contributed by atoms with Crippen molar-refractivity contribution < 1.29 is 4.79 Å². The number of carbonyl (C=O) groups excluding carboxylic acids is 1. The predicted octanol–water partition coefficient (Wildman–Crippen LogP) is 2.88. The van der Waals surface area contributed by atoms with E-state index in [1.807, 2.05) is 18.2 Å². The van der Waals surface area contributed by atoms with Crippen LogP contribution >= 0.6 is 38.5 Å². The Morgan fingerprint density at radius 2 is 2.11 bits per heavy atom. The molecule has 1 N–H and O–H groups in total. The van der Waals surface area contributed by atoms with Crippen LogP contribution in [0.3, 0.4) is 0 Å². The van der Waals surface area contributed by atoms with Crippen LogP contribution in [0.5, 0.6) is 0 Å². The van der Waals surface area contributed by atoms with E-state index < -0.39 is 0 Å². The average molecular weight is 423 g/mol. The first-order valence-electron chi connectivity index (χ1n) is 6.12. The van der Waals surface area contributed by atoms with Gasteiger partial charge in [-0.25, -0.2) is 0 Å². The molecule has 1 aromatic rings. The Labute approximate surface area is 130 Å². The number of hydrogen-bond acceptors (Lipinski definition) is 2. The normalized spacial score (nSPS) is 15.9. The lowest BCUT2D eigenvalue weighted by Gasteiger charge is -2.15. The fraction of sp³-hybridized carbons (Fsp3) is 0.462. The summed E-state index contributed by atoms with van der Waals surface area (Å²) < 4.78 is 1.92. The first kappa shape index (κ1) is 14.3. The number of amides is 1. The predicted molar refractivity (Wildman–Crippen MR) is 84.9 cm³/mol. The molecule has 2 rings (SSSR count). The number of rotatable bonds is 4. The fourth-order valence-corrected chi connectivity index (χ4v) is 3.02. The van der Waals surface area contributed by atoms with Gasteiger partial charge in [-0.05, 0) is 82.7 Å². The molecule has 1 aromatic carbocycles. The number of carbonyl (C=O) groups is 1. The van der Waals surface area contributed by atoms with E-state index in [-0.39, 0.29) is 5.91 Å². The third-order valence-electron chi connectivity index (χ3n) is 3.09. The maximum atomic E-state index is 12.0. The van der Waals surface area contributed by atoms with Gasteiger partial charge in [0.1, 0.15) is 0 Å². The molecule has 0 radical (unpaired) electrons. The Kier molecular flexibility index (Phi) is 5.44. The second kappa shape index (κ2) is 6.86. The van der Waals surface area contributed by atoms with Crippen LogP contribution in [0.15, 0.2) is 22.7 Å². The van der Waals surface area contributed by atoms with Crippen molar-refractivity contribution in [1.29, 1.82) is 0 Å². The minimum absolute atomic E-state index is 0.000382. The van der Waals surface area contributed by atoms with Gasteiger partial charge in [-0.15, -0.1) is 0 Å². The molecule has 1 saturated heterocycles. The monoisotopic (exact) mass is 422 g/mol. The summed E-state index contributed by atoms with van der Waals surface area (Å²) in [6.45, 7) is 4.01. The van der Waals surface area contributed by atoms with Crippen molar-refractivity contribution in [3.05, 3.63) is 31.8 Å². The molecule has 0 spiro atoms. The molecule has 1 amide bonds. The lowest BCUT2D eigenvalue weighted by atomic mass is 10.2. The van der Waals surface area contributed by atoms with Gasteiger partial charge in [0.05, 0.1) is 5.56 Å². The van der Waals surface area contributed by atoms with Gasteiger partial charge < -0.3 is 10.2 Å². The van der Waals surface area contributed by atoms with Gasteiger partial charge in [-0.1, -0.05) is 0 Å². The number of halogens is 2. The lowest BCUT2D eigenvalue weighted by Crippen LogP contribution is -2.33. The standard InChI is InChI=1S/C13H16BrIN2O/c14-12-4-3-10(15)9-11(12)13(18)16-5-8-17-6-1-2-7-17/h3-4,9H,1-2,5-8H2,(H,16,18). The van der Waals surface area contributed by atoms with E-state index in [0.29, 0.717) is 5.56 Å². The lowest BCUT2D eigenvalue weighted by molar-refractivity contribution is 0.0949. The third kappa shape index (κ3) is 3.93. The molecule has 0 aromatic heterocycles. The van der Waals surface area contributed by atoms with Gasteiger partial charge >= 0.3 is 0 Å². The zero-order chi connectivity index (χ0) is 13.0. The highest BCUT2D eigenvalue weighted by Gasteiger charge is 2.13. The van der Waals surface area contributed by atoms with Gasteiger partial charge in [0.15, 0.2) is 0 Å². The molecule has 0 unspecified atom stereocenters. The first-order valence-corrected chi connectivity index (χ1v) is 7.99. The third-order valence-corrected chi connectivity index (χ3v) is 4.45. The van der Waals surface area contributed by atoms with Crippen LogP contribution < -0.4 is 5.32 Å². The van der Waals surface area contributed by atoms with Crippen LogP contribution in [-0.4, -0.2) is 37.0 Å². The minimum Gasteiger partial charge on any atom is -0.351 e. The topological polar surface area (TPSA) is 32.3 Å². The molecule has 0 aliphatic carbocycles. The molecular weight excluding hydrogens is 407 g/mol. The number of nitrogens with one attached hydrogen (secondary N) is 1. The van der Waals surface area contributed by atoms with Crippen LogP contribution in [0.1, 0.15) is 23.2 Å². The van der Waals surface area contributed by atoms with E-state index in [9.17, 15) is 4.79 Å². The molecular formula is C13H16BrIN2O. The molecule has 0 bridgehead atoms. The molecule has 5 heteroatoms. The van der Waals surface area contributed by atoms with Gasteiger partial charge in [-0.3, -0.25) is 4.79 Å². The maximum absolute atomic E-state index is 12.0. The molecule has 1 aliphatic heterocycles. The van der Waals surface area contributed by atoms with Crippen molar-refractivity contribution in [2.75, 3.05) is 26.2 Å². The smallest absolute Gasteiger partial charge is 0.252 e. The summed E-state index contributed by atoms with van der Waals surface area (Å²) in [6.07, 6.45) is 2.58. The average Bonchev–Trinajstić information content (AvgIpc) is 2.85. The molecule has 1 fully saturated rings. The molecule has 1 aliphatic rings. The number of likely N-dealkylation sites (tertiary alicyclic amines) is 1. The van der Waals surface area contributed by atoms with Crippen molar-refractivity contribution in [2.24, 2.45) is 0 Å². The Bertz CT molecular complexity index is 433. The summed E-state index contributed by atoms with van der Waals surface area (Å²) in [7, 11) is 0. The van der Waals surface area contributed by atoms with Crippen molar-refractivity contribution in [3.8, 4) is 0 Å². The summed E-state index contributed by atoms with van der Waals surface area (Å²) in [4.78, 5) is 14.4. The van der Waals surface area contributed by atoms with Crippen molar-refractivity contribution >= 4 is 44.4 Å². The van der Waals surface area contributed by atoms with E-state index in [2.05, 4.69) is 48.7 Å². The second-order valence-electron chi connectivity index (χ2n) is 4.43. The van der Waals surface area contributed by atoms with Gasteiger partial charge in [0, 0.05) is 21.1 Å². The van der Waals surface area contributed by atoms with Crippen molar-refractivity contribution in [1.82, 2.24) is 10.2 Å². The highest BCUT2D eigenvalue weighted by atomic mass is 127. The van der Waals surface area contributed by atoms with E-state index >= 15 is 0 Å². The van der Waals surface area contributed by atoms with E-state index in [4.69, 9.17) is 0 Å². The molecule has 98 valence electrons. The van der Waals surface area contributed by atoms with Crippen LogP contribution in [-0.2, 0) is 0 Å². The maximum Gasteiger partial charge on any atom is 0.252 e. The van der Waals surface area contributed by atoms with E-state index in [1.165, 1.54) is 25.9 Å². The zero-order valence-corrected chi connectivity index (χ0v) is 13.8. The van der Waals surface area contributed by atoms with Gasteiger partial charge in [0.25, 0.3) is 5.91 Å². The Morgan fingerprint density at radius 1 is 1.39 bits per heavy atom. The van der Waals surface area contributed by atoms with Crippen molar-refractivity contribution in [2.45, 2.75) is 12.8 Å². The number of nitrogens with zero attached hydrogens (tertiary/aromatic N) is 1. The number of benzene rings is 1. The largest absolute Gasteiger partial charge is 0.351 e. The second-order valence-corrected chi connectivity index (χ2v) is 6.53. The van der Waals surface area contributed by atoms with Crippen LogP contribution in [0.4, 0.5) is 0 Å². The highest BCUT2D eigenvalue weighted by Crippen LogP contribution is 2.19. The fourth-order valence-electron chi connectivity index (χ4n) is 2.10. The highest BCUT2D eigenvalue weighted by molar-refractivity contribution is 14.1. The van der Waals surface area contributed by atoms with Crippen LogP contribution in [0.25, 0.3) is 0 Å². The summed E-state index contributed by atoms with van der Waals surface area (Å²) in [5, 5.41) is 2.98.